The zero-order chi connectivity index (χ0) is 25.9. The van der Waals surface area contributed by atoms with Crippen LogP contribution in [0, 0.1) is 6.92 Å². The zero-order valence-electron chi connectivity index (χ0n) is 21.1. The molecule has 0 spiro atoms. The first-order valence-electron chi connectivity index (χ1n) is 12.3. The maximum Gasteiger partial charge on any atom is 0.186 e. The smallest absolute Gasteiger partial charge is 0.186 e. The monoisotopic (exact) mass is 500 g/mol. The third-order valence-corrected chi connectivity index (χ3v) is 6.10. The molecular formula is C28H25BN8O. The number of nitrogens with one attached hydrogen (secondary N) is 1. The van der Waals surface area contributed by atoms with Gasteiger partial charge in [0, 0.05) is 42.9 Å². The van der Waals surface area contributed by atoms with Crippen molar-refractivity contribution in [2.75, 3.05) is 0 Å². The van der Waals surface area contributed by atoms with E-state index in [-0.39, 0.29) is 0 Å². The van der Waals surface area contributed by atoms with E-state index in [9.17, 15) is 0 Å². The van der Waals surface area contributed by atoms with Gasteiger partial charge in [-0.15, -0.1) is 0 Å². The van der Waals surface area contributed by atoms with Crippen molar-refractivity contribution in [3.05, 3.63) is 109 Å². The molecule has 0 aliphatic heterocycles. The number of aromatic amines is 1. The fourth-order valence-electron chi connectivity index (χ4n) is 4.40. The van der Waals surface area contributed by atoms with Crippen molar-refractivity contribution in [3.63, 3.8) is 0 Å². The molecule has 0 aliphatic carbocycles. The van der Waals surface area contributed by atoms with E-state index in [0.717, 1.165) is 63.4 Å². The Bertz CT molecular complexity index is 1700. The molecule has 0 bridgehead atoms. The molecule has 0 saturated heterocycles. The van der Waals surface area contributed by atoms with Gasteiger partial charge in [-0.2, -0.15) is 5.10 Å². The average molecular weight is 500 g/mol. The minimum atomic E-state index is 0.625. The van der Waals surface area contributed by atoms with Crippen LogP contribution in [0.15, 0.2) is 91.6 Å². The summed E-state index contributed by atoms with van der Waals surface area (Å²) in [7, 11) is 2.07. The lowest BCUT2D eigenvalue weighted by molar-refractivity contribution is 0.429. The van der Waals surface area contributed by atoms with Gasteiger partial charge < -0.3 is 14.5 Å². The summed E-state index contributed by atoms with van der Waals surface area (Å²) in [6, 6.07) is 21.7. The molecule has 5 aromatic heterocycles. The van der Waals surface area contributed by atoms with Crippen LogP contribution < -0.4 is 4.74 Å². The number of nitrogens with zero attached hydrogens (tertiary/aromatic N) is 7. The summed E-state index contributed by atoms with van der Waals surface area (Å²) < 4.78 is 7.74. The SMILES string of the molecule is BN(Cc1cccc(Oc2ccncc2)c1)Cc1nc(-c2cccc(C)n2)c(-c2ccc3ncnn3c2)[nH]1. The molecule has 0 radical (unpaired) electrons. The van der Waals surface area contributed by atoms with Gasteiger partial charge in [-0.3, -0.25) is 9.97 Å². The van der Waals surface area contributed by atoms with Crippen LogP contribution in [0.3, 0.4) is 0 Å². The second kappa shape index (κ2) is 10.3. The summed E-state index contributed by atoms with van der Waals surface area (Å²) in [4.78, 5) is 23.8. The molecule has 38 heavy (non-hydrogen) atoms. The van der Waals surface area contributed by atoms with Gasteiger partial charge in [0.05, 0.1) is 11.4 Å². The molecule has 0 aliphatic rings. The minimum absolute atomic E-state index is 0.625. The largest absolute Gasteiger partial charge is 0.457 e. The highest BCUT2D eigenvalue weighted by Gasteiger charge is 2.17. The quantitative estimate of drug-likeness (QED) is 0.313. The van der Waals surface area contributed by atoms with Crippen molar-refractivity contribution in [2.45, 2.75) is 20.0 Å². The molecular weight excluding hydrogens is 475 g/mol. The lowest BCUT2D eigenvalue weighted by Crippen LogP contribution is -2.19. The Kier molecular flexibility index (Phi) is 6.37. The number of fused-ring (bicyclic) bond motifs is 1. The number of H-pyrrole nitrogens is 1. The maximum absolute atomic E-state index is 5.97. The Balaban J connectivity index is 1.25. The Labute approximate surface area is 220 Å². The van der Waals surface area contributed by atoms with E-state index in [0.29, 0.717) is 6.54 Å². The number of benzene rings is 1. The van der Waals surface area contributed by atoms with Crippen molar-refractivity contribution in [1.82, 2.24) is 39.3 Å². The highest BCUT2D eigenvalue weighted by Crippen LogP contribution is 2.30. The first-order chi connectivity index (χ1) is 18.6. The first kappa shape index (κ1) is 23.6. The molecule has 9 nitrogen and oxygen atoms in total. The number of hydrogen-bond acceptors (Lipinski definition) is 7. The third kappa shape index (κ3) is 5.16. The molecule has 0 unspecified atom stereocenters. The van der Waals surface area contributed by atoms with Crippen molar-refractivity contribution in [1.29, 1.82) is 0 Å². The average Bonchev–Trinajstić information content (AvgIpc) is 3.56. The summed E-state index contributed by atoms with van der Waals surface area (Å²) in [5.41, 5.74) is 6.37. The number of aryl methyl sites for hydroxylation is 1. The molecule has 0 fully saturated rings. The van der Waals surface area contributed by atoms with E-state index in [1.807, 2.05) is 67.7 Å². The molecule has 0 saturated carbocycles. The van der Waals surface area contributed by atoms with Gasteiger partial charge in [-0.25, -0.2) is 14.5 Å². The molecule has 5 heterocycles. The summed E-state index contributed by atoms with van der Waals surface area (Å²) in [5, 5.41) is 4.29. The van der Waals surface area contributed by atoms with Crippen LogP contribution in [0.1, 0.15) is 17.1 Å². The highest BCUT2D eigenvalue weighted by atomic mass is 16.5. The summed E-state index contributed by atoms with van der Waals surface area (Å²) in [6.07, 6.45) is 6.94. The summed E-state index contributed by atoms with van der Waals surface area (Å²) in [6.45, 7) is 3.34. The maximum atomic E-state index is 5.97. The second-order valence-corrected chi connectivity index (χ2v) is 9.16. The van der Waals surface area contributed by atoms with Crippen LogP contribution in [-0.4, -0.2) is 47.3 Å². The van der Waals surface area contributed by atoms with E-state index in [4.69, 9.17) is 14.7 Å². The molecule has 6 aromatic rings. The van der Waals surface area contributed by atoms with Gasteiger partial charge in [-0.1, -0.05) is 18.2 Å². The number of rotatable bonds is 8. The van der Waals surface area contributed by atoms with E-state index in [1.165, 1.54) is 0 Å². The first-order valence-corrected chi connectivity index (χ1v) is 12.3. The number of imidazole rings is 1. The molecule has 10 heteroatoms. The molecule has 1 aromatic carbocycles. The molecule has 0 atom stereocenters. The van der Waals surface area contributed by atoms with Crippen LogP contribution in [0.25, 0.3) is 28.3 Å². The van der Waals surface area contributed by atoms with Gasteiger partial charge in [0.2, 0.25) is 0 Å². The van der Waals surface area contributed by atoms with Gasteiger partial charge >= 0.3 is 0 Å². The van der Waals surface area contributed by atoms with Crippen LogP contribution in [0.5, 0.6) is 11.5 Å². The Morgan fingerprint density at radius 1 is 0.947 bits per heavy atom. The highest BCUT2D eigenvalue weighted by molar-refractivity contribution is 6.04. The molecule has 0 amide bonds. The minimum Gasteiger partial charge on any atom is -0.457 e. The summed E-state index contributed by atoms with van der Waals surface area (Å²) >= 11 is 0. The van der Waals surface area contributed by atoms with Gasteiger partial charge in [-0.05, 0) is 61.0 Å². The van der Waals surface area contributed by atoms with E-state index < -0.39 is 0 Å². The lowest BCUT2D eigenvalue weighted by atomic mass is 10.1. The van der Waals surface area contributed by atoms with E-state index >= 15 is 0 Å². The normalized spacial score (nSPS) is 11.3. The number of ether oxygens (including phenoxy) is 1. The van der Waals surface area contributed by atoms with E-state index in [1.54, 1.807) is 23.2 Å². The predicted octanol–water partition coefficient (Wildman–Crippen LogP) is 4.23. The molecule has 6 rings (SSSR count). The predicted molar refractivity (Wildman–Crippen MR) is 147 cm³/mol. The lowest BCUT2D eigenvalue weighted by Gasteiger charge is -2.16. The summed E-state index contributed by atoms with van der Waals surface area (Å²) in [5.74, 6) is 2.40. The van der Waals surface area contributed by atoms with Crippen LogP contribution in [0.2, 0.25) is 0 Å². The standard InChI is InChI=1S/C28H25BN8O/c1-19-4-2-7-24(33-19)28-27(21-8-9-26-31-18-32-37(26)16-21)34-25(35-28)17-36(29)15-20-5-3-6-23(14-20)38-22-10-12-30-13-11-22/h2-14,16,18H,15,17,29H2,1H3,(H,34,35). The van der Waals surface area contributed by atoms with Crippen molar-refractivity contribution in [3.8, 4) is 34.1 Å². The fraction of sp³-hybridized carbons (Fsp3) is 0.107. The van der Waals surface area contributed by atoms with Crippen LogP contribution >= 0.6 is 0 Å². The fourth-order valence-corrected chi connectivity index (χ4v) is 4.40. The van der Waals surface area contributed by atoms with Crippen molar-refractivity contribution in [2.24, 2.45) is 0 Å². The second-order valence-electron chi connectivity index (χ2n) is 9.16. The topological polar surface area (TPSA) is 97.1 Å². The molecule has 186 valence electrons. The Morgan fingerprint density at radius 2 is 1.82 bits per heavy atom. The molecule has 1 N–H and O–H groups in total. The van der Waals surface area contributed by atoms with Crippen molar-refractivity contribution < 1.29 is 4.74 Å². The number of hydrogen-bond donors (Lipinski definition) is 1. The van der Waals surface area contributed by atoms with Gasteiger partial charge in [0.1, 0.15) is 29.3 Å². The van der Waals surface area contributed by atoms with Crippen LogP contribution in [-0.2, 0) is 13.1 Å². The van der Waals surface area contributed by atoms with E-state index in [2.05, 4.69) is 45.0 Å². The number of pyridine rings is 3. The Morgan fingerprint density at radius 3 is 2.68 bits per heavy atom. The van der Waals surface area contributed by atoms with Gasteiger partial charge in [0.15, 0.2) is 13.6 Å². The van der Waals surface area contributed by atoms with Crippen LogP contribution in [0.4, 0.5) is 0 Å². The zero-order valence-corrected chi connectivity index (χ0v) is 21.1. The number of aromatic nitrogens is 7. The van der Waals surface area contributed by atoms with Crippen molar-refractivity contribution >= 4 is 13.6 Å². The third-order valence-electron chi connectivity index (χ3n) is 6.10. The Hall–Kier alpha value is -4.83. The van der Waals surface area contributed by atoms with Gasteiger partial charge in [0.25, 0.3) is 0 Å².